The van der Waals surface area contributed by atoms with Crippen molar-refractivity contribution in [3.8, 4) is 0 Å². The lowest BCUT2D eigenvalue weighted by Crippen LogP contribution is -2.26. The minimum Gasteiger partial charge on any atom is -0.385 e. The minimum absolute atomic E-state index is 0.672. The molecule has 1 aliphatic rings. The summed E-state index contributed by atoms with van der Waals surface area (Å²) in [5.41, 5.74) is 0. The van der Waals surface area contributed by atoms with Gasteiger partial charge in [0.1, 0.15) is 0 Å². The lowest BCUT2D eigenvalue weighted by molar-refractivity contribution is 0.181. The van der Waals surface area contributed by atoms with Crippen molar-refractivity contribution in [2.45, 2.75) is 38.1 Å². The first kappa shape index (κ1) is 10.0. The van der Waals surface area contributed by atoms with Crippen LogP contribution in [0.1, 0.15) is 32.1 Å². The lowest BCUT2D eigenvalue weighted by Gasteiger charge is -2.14. The largest absolute Gasteiger partial charge is 0.385 e. The fourth-order valence-corrected chi connectivity index (χ4v) is 1.54. The first-order chi connectivity index (χ1) is 5.86. The van der Waals surface area contributed by atoms with Crippen molar-refractivity contribution < 1.29 is 4.74 Å². The SMILES string of the molecule is CNC(CCOC)CCC1CC1. The standard InChI is InChI=1S/C10H21NO/c1-11-10(7-8-12-2)6-5-9-3-4-9/h9-11H,3-8H2,1-2H3. The van der Waals surface area contributed by atoms with Gasteiger partial charge in [-0.2, -0.15) is 0 Å². The first-order valence-electron chi connectivity index (χ1n) is 5.03. The van der Waals surface area contributed by atoms with Crippen LogP contribution in [-0.4, -0.2) is 26.8 Å². The van der Waals surface area contributed by atoms with Crippen LogP contribution >= 0.6 is 0 Å². The zero-order chi connectivity index (χ0) is 8.81. The average Bonchev–Trinajstić information content (AvgIpc) is 2.89. The smallest absolute Gasteiger partial charge is 0.0477 e. The van der Waals surface area contributed by atoms with Crippen LogP contribution in [0, 0.1) is 5.92 Å². The van der Waals surface area contributed by atoms with E-state index in [0.29, 0.717) is 6.04 Å². The highest BCUT2D eigenvalue weighted by molar-refractivity contribution is 4.76. The molecule has 0 amide bonds. The molecule has 1 saturated carbocycles. The molecule has 0 heterocycles. The van der Waals surface area contributed by atoms with Crippen molar-refractivity contribution in [3.05, 3.63) is 0 Å². The maximum atomic E-state index is 5.06. The maximum absolute atomic E-state index is 5.06. The van der Waals surface area contributed by atoms with E-state index >= 15 is 0 Å². The van der Waals surface area contributed by atoms with E-state index in [-0.39, 0.29) is 0 Å². The zero-order valence-corrected chi connectivity index (χ0v) is 8.31. The van der Waals surface area contributed by atoms with E-state index in [1.165, 1.54) is 25.7 Å². The third kappa shape index (κ3) is 4.07. The van der Waals surface area contributed by atoms with Crippen molar-refractivity contribution in [1.29, 1.82) is 0 Å². The fourth-order valence-electron chi connectivity index (χ4n) is 1.54. The van der Waals surface area contributed by atoms with Gasteiger partial charge in [0, 0.05) is 19.8 Å². The van der Waals surface area contributed by atoms with Crippen LogP contribution in [0.5, 0.6) is 0 Å². The second kappa shape index (κ2) is 5.55. The van der Waals surface area contributed by atoms with E-state index in [0.717, 1.165) is 18.9 Å². The van der Waals surface area contributed by atoms with Crippen molar-refractivity contribution in [2.24, 2.45) is 5.92 Å². The molecule has 0 aliphatic heterocycles. The van der Waals surface area contributed by atoms with Crippen molar-refractivity contribution in [2.75, 3.05) is 20.8 Å². The molecule has 0 bridgehead atoms. The van der Waals surface area contributed by atoms with Gasteiger partial charge in [0.05, 0.1) is 0 Å². The quantitative estimate of drug-likeness (QED) is 0.630. The summed E-state index contributed by atoms with van der Waals surface area (Å²) in [7, 11) is 3.82. The number of methoxy groups -OCH3 is 1. The molecule has 1 aliphatic carbocycles. The molecule has 2 heteroatoms. The van der Waals surface area contributed by atoms with Crippen molar-refractivity contribution in [3.63, 3.8) is 0 Å². The summed E-state index contributed by atoms with van der Waals surface area (Å²) in [4.78, 5) is 0. The Bertz CT molecular complexity index is 112. The Hall–Kier alpha value is -0.0800. The Morgan fingerprint density at radius 2 is 2.17 bits per heavy atom. The molecule has 1 atom stereocenters. The first-order valence-corrected chi connectivity index (χ1v) is 5.03. The third-order valence-corrected chi connectivity index (χ3v) is 2.70. The molecule has 0 spiro atoms. The number of rotatable bonds is 7. The summed E-state index contributed by atoms with van der Waals surface area (Å²) < 4.78 is 5.06. The molecule has 12 heavy (non-hydrogen) atoms. The fraction of sp³-hybridized carbons (Fsp3) is 1.00. The minimum atomic E-state index is 0.672. The maximum Gasteiger partial charge on any atom is 0.0477 e. The summed E-state index contributed by atoms with van der Waals surface area (Å²) in [5.74, 6) is 1.06. The van der Waals surface area contributed by atoms with Crippen LogP contribution in [0.2, 0.25) is 0 Å². The number of hydrogen-bond acceptors (Lipinski definition) is 2. The molecule has 0 aromatic carbocycles. The average molecular weight is 171 g/mol. The van der Waals surface area contributed by atoms with Gasteiger partial charge < -0.3 is 10.1 Å². The van der Waals surface area contributed by atoms with Crippen LogP contribution in [0.25, 0.3) is 0 Å². The molecule has 1 N–H and O–H groups in total. The van der Waals surface area contributed by atoms with Gasteiger partial charge >= 0.3 is 0 Å². The van der Waals surface area contributed by atoms with Crippen LogP contribution in [0.15, 0.2) is 0 Å². The zero-order valence-electron chi connectivity index (χ0n) is 8.31. The van der Waals surface area contributed by atoms with Crippen LogP contribution in [0.4, 0.5) is 0 Å². The summed E-state index contributed by atoms with van der Waals surface area (Å²) in [6.07, 6.45) is 6.83. The predicted molar refractivity (Wildman–Crippen MR) is 51.3 cm³/mol. The second-order valence-corrected chi connectivity index (χ2v) is 3.79. The highest BCUT2D eigenvalue weighted by atomic mass is 16.5. The van der Waals surface area contributed by atoms with Crippen molar-refractivity contribution >= 4 is 0 Å². The number of ether oxygens (including phenoxy) is 1. The van der Waals surface area contributed by atoms with Crippen LogP contribution < -0.4 is 5.32 Å². The van der Waals surface area contributed by atoms with Gasteiger partial charge in [0.2, 0.25) is 0 Å². The molecular formula is C10H21NO. The van der Waals surface area contributed by atoms with Gasteiger partial charge in [-0.15, -0.1) is 0 Å². The van der Waals surface area contributed by atoms with E-state index in [4.69, 9.17) is 4.74 Å². The van der Waals surface area contributed by atoms with Gasteiger partial charge in [-0.3, -0.25) is 0 Å². The number of hydrogen-bond donors (Lipinski definition) is 1. The molecule has 0 radical (unpaired) electrons. The van der Waals surface area contributed by atoms with Gasteiger partial charge in [-0.1, -0.05) is 12.8 Å². The Kier molecular flexibility index (Phi) is 4.62. The molecule has 1 unspecified atom stereocenters. The molecule has 1 rings (SSSR count). The predicted octanol–water partition coefficient (Wildman–Crippen LogP) is 1.80. The highest BCUT2D eigenvalue weighted by Crippen LogP contribution is 2.34. The Morgan fingerprint density at radius 3 is 2.67 bits per heavy atom. The lowest BCUT2D eigenvalue weighted by atomic mass is 10.1. The Labute approximate surface area is 75.7 Å². The molecule has 2 nitrogen and oxygen atoms in total. The molecule has 1 fully saturated rings. The summed E-state index contributed by atoms with van der Waals surface area (Å²) in [6, 6.07) is 0.672. The van der Waals surface area contributed by atoms with Crippen molar-refractivity contribution in [1.82, 2.24) is 5.32 Å². The summed E-state index contributed by atoms with van der Waals surface area (Å²) in [6.45, 7) is 0.885. The molecule has 0 saturated heterocycles. The van der Waals surface area contributed by atoms with E-state index in [1.54, 1.807) is 7.11 Å². The van der Waals surface area contributed by atoms with Gasteiger partial charge in [0.15, 0.2) is 0 Å². The second-order valence-electron chi connectivity index (χ2n) is 3.79. The van der Waals surface area contributed by atoms with Gasteiger partial charge in [-0.05, 0) is 32.2 Å². The van der Waals surface area contributed by atoms with Gasteiger partial charge in [0.25, 0.3) is 0 Å². The van der Waals surface area contributed by atoms with Crippen LogP contribution in [0.3, 0.4) is 0 Å². The Morgan fingerprint density at radius 1 is 1.42 bits per heavy atom. The Balaban J connectivity index is 1.98. The third-order valence-electron chi connectivity index (χ3n) is 2.70. The summed E-state index contributed by atoms with van der Waals surface area (Å²) in [5, 5.41) is 3.34. The van der Waals surface area contributed by atoms with E-state index < -0.39 is 0 Å². The topological polar surface area (TPSA) is 21.3 Å². The monoisotopic (exact) mass is 171 g/mol. The molecular weight excluding hydrogens is 150 g/mol. The van der Waals surface area contributed by atoms with E-state index in [2.05, 4.69) is 5.32 Å². The molecule has 0 aromatic heterocycles. The normalized spacial score (nSPS) is 19.5. The van der Waals surface area contributed by atoms with Crippen LogP contribution in [-0.2, 0) is 4.74 Å². The number of nitrogens with one attached hydrogen (secondary N) is 1. The van der Waals surface area contributed by atoms with E-state index in [9.17, 15) is 0 Å². The van der Waals surface area contributed by atoms with E-state index in [1.807, 2.05) is 7.05 Å². The highest BCUT2D eigenvalue weighted by Gasteiger charge is 2.21. The molecule has 0 aromatic rings. The summed E-state index contributed by atoms with van der Waals surface area (Å²) >= 11 is 0. The molecule has 72 valence electrons. The van der Waals surface area contributed by atoms with Gasteiger partial charge in [-0.25, -0.2) is 0 Å².